The number of benzene rings is 1. The van der Waals surface area contributed by atoms with Crippen LogP contribution in [0.25, 0.3) is 0 Å². The second-order valence-electron chi connectivity index (χ2n) is 6.36. The van der Waals surface area contributed by atoms with Crippen molar-refractivity contribution in [1.82, 2.24) is 19.8 Å². The highest BCUT2D eigenvalue weighted by Crippen LogP contribution is 2.20. The first kappa shape index (κ1) is 18.0. The van der Waals surface area contributed by atoms with Crippen LogP contribution in [0, 0.1) is 0 Å². The van der Waals surface area contributed by atoms with E-state index in [2.05, 4.69) is 9.97 Å². The Hall–Kier alpha value is -2.80. The molecule has 2 heterocycles. The molecule has 0 spiro atoms. The number of hydrogen-bond acceptors (Lipinski definition) is 5. The van der Waals surface area contributed by atoms with Crippen LogP contribution >= 0.6 is 0 Å². The van der Waals surface area contributed by atoms with Crippen LogP contribution in [0.15, 0.2) is 48.9 Å². The number of amides is 2. The maximum atomic E-state index is 13.1. The van der Waals surface area contributed by atoms with Crippen molar-refractivity contribution in [2.24, 2.45) is 0 Å². The van der Waals surface area contributed by atoms with E-state index in [9.17, 15) is 9.59 Å². The fraction of sp³-hybridized carbons (Fsp3) is 0.368. The van der Waals surface area contributed by atoms with Crippen LogP contribution in [0.5, 0.6) is 0 Å². The van der Waals surface area contributed by atoms with E-state index in [-0.39, 0.29) is 24.5 Å². The molecule has 1 fully saturated rings. The van der Waals surface area contributed by atoms with E-state index in [4.69, 9.17) is 4.74 Å². The van der Waals surface area contributed by atoms with E-state index >= 15 is 0 Å². The van der Waals surface area contributed by atoms with E-state index in [1.807, 2.05) is 37.3 Å². The highest BCUT2D eigenvalue weighted by atomic mass is 16.5. The Labute approximate surface area is 152 Å². The van der Waals surface area contributed by atoms with Gasteiger partial charge in [-0.15, -0.1) is 0 Å². The van der Waals surface area contributed by atoms with Crippen LogP contribution in [0.4, 0.5) is 0 Å². The maximum Gasteiger partial charge on any atom is 0.249 e. The Morgan fingerprint density at radius 2 is 2.08 bits per heavy atom. The summed E-state index contributed by atoms with van der Waals surface area (Å²) in [5.41, 5.74) is 1.66. The quantitative estimate of drug-likeness (QED) is 0.808. The van der Waals surface area contributed by atoms with Crippen molar-refractivity contribution in [3.63, 3.8) is 0 Å². The Morgan fingerprint density at radius 1 is 1.31 bits per heavy atom. The maximum absolute atomic E-state index is 13.1. The predicted molar refractivity (Wildman–Crippen MR) is 94.7 cm³/mol. The molecule has 0 unspecified atom stereocenters. The number of nitrogens with zero attached hydrogens (tertiary/aromatic N) is 4. The summed E-state index contributed by atoms with van der Waals surface area (Å²) in [7, 11) is 1.70. The van der Waals surface area contributed by atoms with Crippen molar-refractivity contribution < 1.29 is 14.3 Å². The highest BCUT2D eigenvalue weighted by molar-refractivity contribution is 5.89. The lowest BCUT2D eigenvalue weighted by atomic mass is 10.0. The molecule has 7 nitrogen and oxygen atoms in total. The third-order valence-electron chi connectivity index (χ3n) is 4.41. The van der Waals surface area contributed by atoms with Crippen molar-refractivity contribution in [2.75, 3.05) is 13.7 Å². The summed E-state index contributed by atoms with van der Waals surface area (Å²) in [5.74, 6) is -0.356. The largest absolute Gasteiger partial charge is 0.366 e. The SMILES string of the molecule is C[C@H]1OCC(=O)N(Cc2ccccc2)[C@@H]1C(=O)N(C)Cc1cnccn1. The summed E-state index contributed by atoms with van der Waals surface area (Å²) < 4.78 is 5.53. The molecular weight excluding hydrogens is 332 g/mol. The standard InChI is InChI=1S/C19H22N4O3/c1-14-18(19(25)22(2)12-16-10-20-8-9-21-16)23(17(24)13-26-14)11-15-6-4-3-5-7-15/h3-10,14,18H,11-13H2,1-2H3/t14-,18+/m1/s1. The number of rotatable bonds is 5. The number of morpholine rings is 1. The Balaban J connectivity index is 1.78. The molecule has 0 aliphatic carbocycles. The van der Waals surface area contributed by atoms with E-state index in [1.54, 1.807) is 35.4 Å². The molecule has 0 saturated carbocycles. The topological polar surface area (TPSA) is 75.6 Å². The lowest BCUT2D eigenvalue weighted by molar-refractivity contribution is -0.167. The smallest absolute Gasteiger partial charge is 0.249 e. The summed E-state index contributed by atoms with van der Waals surface area (Å²) in [6, 6.07) is 8.97. The molecule has 1 saturated heterocycles. The minimum Gasteiger partial charge on any atom is -0.366 e. The molecule has 2 aromatic rings. The molecule has 7 heteroatoms. The van der Waals surface area contributed by atoms with Gasteiger partial charge in [0, 0.05) is 26.0 Å². The summed E-state index contributed by atoms with van der Waals surface area (Å²) in [6.07, 6.45) is 4.42. The second-order valence-corrected chi connectivity index (χ2v) is 6.36. The van der Waals surface area contributed by atoms with Gasteiger partial charge in [-0.25, -0.2) is 0 Å². The molecule has 0 N–H and O–H groups in total. The molecule has 136 valence electrons. The number of likely N-dealkylation sites (N-methyl/N-ethyl adjacent to an activating group) is 1. The molecular formula is C19H22N4O3. The van der Waals surface area contributed by atoms with Crippen LogP contribution in [-0.2, 0) is 27.4 Å². The Bertz CT molecular complexity index is 754. The van der Waals surface area contributed by atoms with Crippen LogP contribution < -0.4 is 0 Å². The Kier molecular flexibility index (Phi) is 5.58. The zero-order valence-electron chi connectivity index (χ0n) is 14.9. The molecule has 1 aliphatic rings. The number of aromatic nitrogens is 2. The van der Waals surface area contributed by atoms with Gasteiger partial charge in [0.1, 0.15) is 12.6 Å². The number of ether oxygens (including phenoxy) is 1. The molecule has 2 amide bonds. The van der Waals surface area contributed by atoms with Crippen LogP contribution in [0.1, 0.15) is 18.2 Å². The molecule has 0 radical (unpaired) electrons. The van der Waals surface area contributed by atoms with Crippen molar-refractivity contribution in [3.05, 3.63) is 60.2 Å². The number of carbonyl (C=O) groups excluding carboxylic acids is 2. The molecule has 1 aliphatic heterocycles. The van der Waals surface area contributed by atoms with Crippen LogP contribution in [-0.4, -0.2) is 57.4 Å². The van der Waals surface area contributed by atoms with Gasteiger partial charge in [-0.1, -0.05) is 30.3 Å². The predicted octanol–water partition coefficient (Wildman–Crippen LogP) is 1.25. The number of hydrogen-bond donors (Lipinski definition) is 0. The fourth-order valence-corrected chi connectivity index (χ4v) is 3.04. The minimum absolute atomic E-state index is 0.00828. The van der Waals surface area contributed by atoms with Gasteiger partial charge in [-0.2, -0.15) is 0 Å². The summed E-state index contributed by atoms with van der Waals surface area (Å²) in [6.45, 7) is 2.51. The second kappa shape index (κ2) is 8.05. The first-order valence-electron chi connectivity index (χ1n) is 8.51. The summed E-state index contributed by atoms with van der Waals surface area (Å²) in [4.78, 5) is 36.9. The minimum atomic E-state index is -0.668. The molecule has 0 bridgehead atoms. The highest BCUT2D eigenvalue weighted by Gasteiger charge is 2.40. The average molecular weight is 354 g/mol. The third kappa shape index (κ3) is 4.05. The average Bonchev–Trinajstić information content (AvgIpc) is 2.66. The summed E-state index contributed by atoms with van der Waals surface area (Å²) in [5, 5.41) is 0. The van der Waals surface area contributed by atoms with E-state index in [1.165, 1.54) is 0 Å². The third-order valence-corrected chi connectivity index (χ3v) is 4.41. The van der Waals surface area contributed by atoms with Gasteiger partial charge < -0.3 is 14.5 Å². The fourth-order valence-electron chi connectivity index (χ4n) is 3.04. The lowest BCUT2D eigenvalue weighted by Crippen LogP contribution is -2.59. The van der Waals surface area contributed by atoms with Gasteiger partial charge in [-0.05, 0) is 12.5 Å². The van der Waals surface area contributed by atoms with E-state index in [0.717, 1.165) is 5.56 Å². The van der Waals surface area contributed by atoms with Crippen molar-refractivity contribution in [1.29, 1.82) is 0 Å². The van der Waals surface area contributed by atoms with Crippen molar-refractivity contribution >= 4 is 11.8 Å². The molecule has 1 aromatic heterocycles. The first-order valence-corrected chi connectivity index (χ1v) is 8.51. The van der Waals surface area contributed by atoms with Crippen molar-refractivity contribution in [2.45, 2.75) is 32.2 Å². The summed E-state index contributed by atoms with van der Waals surface area (Å²) >= 11 is 0. The van der Waals surface area contributed by atoms with Crippen LogP contribution in [0.3, 0.4) is 0 Å². The zero-order valence-corrected chi connectivity index (χ0v) is 14.9. The van der Waals surface area contributed by atoms with Gasteiger partial charge in [0.2, 0.25) is 11.8 Å². The Morgan fingerprint density at radius 3 is 2.77 bits per heavy atom. The molecule has 3 rings (SSSR count). The number of carbonyl (C=O) groups is 2. The molecule has 26 heavy (non-hydrogen) atoms. The molecule has 2 atom stereocenters. The molecule has 1 aromatic carbocycles. The normalized spacial score (nSPS) is 20.1. The lowest BCUT2D eigenvalue weighted by Gasteiger charge is -2.40. The van der Waals surface area contributed by atoms with Gasteiger partial charge in [0.05, 0.1) is 24.5 Å². The van der Waals surface area contributed by atoms with Crippen LogP contribution in [0.2, 0.25) is 0 Å². The van der Waals surface area contributed by atoms with Gasteiger partial charge >= 0.3 is 0 Å². The van der Waals surface area contributed by atoms with Gasteiger partial charge in [0.25, 0.3) is 0 Å². The van der Waals surface area contributed by atoms with E-state index in [0.29, 0.717) is 18.8 Å². The van der Waals surface area contributed by atoms with Gasteiger partial charge in [0.15, 0.2) is 0 Å². The van der Waals surface area contributed by atoms with Gasteiger partial charge in [-0.3, -0.25) is 19.6 Å². The monoisotopic (exact) mass is 354 g/mol. The first-order chi connectivity index (χ1) is 12.6. The zero-order chi connectivity index (χ0) is 18.5. The van der Waals surface area contributed by atoms with Crippen molar-refractivity contribution in [3.8, 4) is 0 Å². The van der Waals surface area contributed by atoms with E-state index < -0.39 is 6.04 Å².